The molecule has 1 aliphatic rings. The van der Waals surface area contributed by atoms with Crippen molar-refractivity contribution in [1.82, 2.24) is 5.32 Å². The smallest absolute Gasteiger partial charge is 0.319 e. The first-order valence-corrected chi connectivity index (χ1v) is 8.12. The second kappa shape index (κ2) is 7.53. The average molecular weight is 335 g/mol. The highest BCUT2D eigenvalue weighted by atomic mass is 16.5. The minimum absolute atomic E-state index is 0.0499. The van der Waals surface area contributed by atoms with Gasteiger partial charge in [0.25, 0.3) is 0 Å². The number of aliphatic hydroxyl groups is 1. The highest BCUT2D eigenvalue weighted by Gasteiger charge is 2.25. The van der Waals surface area contributed by atoms with Gasteiger partial charge < -0.3 is 25.4 Å². The molecule has 0 unspecified atom stereocenters. The number of rotatable bonds is 6. The summed E-state index contributed by atoms with van der Waals surface area (Å²) in [6.45, 7) is 4.31. The predicted molar refractivity (Wildman–Crippen MR) is 92.5 cm³/mol. The number of anilines is 2. The van der Waals surface area contributed by atoms with Crippen molar-refractivity contribution in [2.24, 2.45) is 0 Å². The summed E-state index contributed by atoms with van der Waals surface area (Å²) in [5.74, 6) is 0.638. The van der Waals surface area contributed by atoms with Crippen LogP contribution in [-0.2, 0) is 4.79 Å². The molecular formula is C17H25N3O4. The third-order valence-electron chi connectivity index (χ3n) is 4.19. The number of hydrogen-bond acceptors (Lipinski definition) is 4. The lowest BCUT2D eigenvalue weighted by atomic mass is 10.0. The predicted octanol–water partition coefficient (Wildman–Crippen LogP) is 2.10. The van der Waals surface area contributed by atoms with E-state index in [1.54, 1.807) is 37.1 Å². The highest BCUT2D eigenvalue weighted by molar-refractivity contribution is 5.98. The van der Waals surface area contributed by atoms with Crippen LogP contribution in [0.25, 0.3) is 0 Å². The van der Waals surface area contributed by atoms with Crippen LogP contribution in [0.3, 0.4) is 0 Å². The van der Waals surface area contributed by atoms with Gasteiger partial charge in [-0.15, -0.1) is 0 Å². The van der Waals surface area contributed by atoms with E-state index < -0.39 is 11.6 Å². The summed E-state index contributed by atoms with van der Waals surface area (Å²) in [6, 6.07) is 4.74. The molecule has 1 atom stereocenters. The Hall–Kier alpha value is -2.28. The summed E-state index contributed by atoms with van der Waals surface area (Å²) in [7, 11) is 1.55. The Morgan fingerprint density at radius 1 is 1.46 bits per heavy atom. The summed E-state index contributed by atoms with van der Waals surface area (Å²) in [5.41, 5.74) is 0.266. The van der Waals surface area contributed by atoms with Gasteiger partial charge in [0.1, 0.15) is 5.75 Å². The van der Waals surface area contributed by atoms with Gasteiger partial charge in [-0.2, -0.15) is 0 Å². The standard InChI is InChI=1S/C17H25N3O4/c1-4-17(2,23)11-18-16(22)19-12-7-8-14(24-3)13(10-12)20-9-5-6-15(20)21/h7-8,10,23H,4-6,9,11H2,1-3H3,(H2,18,19,22)/t17-/m1/s1. The zero-order valence-corrected chi connectivity index (χ0v) is 14.4. The first-order chi connectivity index (χ1) is 11.4. The summed E-state index contributed by atoms with van der Waals surface area (Å²) in [5, 5.41) is 15.3. The lowest BCUT2D eigenvalue weighted by Gasteiger charge is -2.22. The zero-order chi connectivity index (χ0) is 17.7. The Bertz CT molecular complexity index is 616. The molecule has 1 saturated heterocycles. The van der Waals surface area contributed by atoms with Crippen LogP contribution in [0.5, 0.6) is 5.75 Å². The number of methoxy groups -OCH3 is 1. The molecule has 3 N–H and O–H groups in total. The number of carbonyl (C=O) groups excluding carboxylic acids is 2. The molecule has 0 radical (unpaired) electrons. The van der Waals surface area contributed by atoms with E-state index in [9.17, 15) is 14.7 Å². The number of carbonyl (C=O) groups is 2. The maximum atomic E-state index is 12.0. The van der Waals surface area contributed by atoms with E-state index in [0.29, 0.717) is 36.5 Å². The topological polar surface area (TPSA) is 90.9 Å². The average Bonchev–Trinajstić information content (AvgIpc) is 2.99. The highest BCUT2D eigenvalue weighted by Crippen LogP contribution is 2.33. The number of nitrogens with zero attached hydrogens (tertiary/aromatic N) is 1. The van der Waals surface area contributed by atoms with Gasteiger partial charge in [0.2, 0.25) is 5.91 Å². The van der Waals surface area contributed by atoms with Crippen LogP contribution in [0.1, 0.15) is 33.1 Å². The van der Waals surface area contributed by atoms with Gasteiger partial charge in [-0.3, -0.25) is 4.79 Å². The van der Waals surface area contributed by atoms with Gasteiger partial charge in [-0.1, -0.05) is 6.92 Å². The molecule has 7 heteroatoms. The van der Waals surface area contributed by atoms with Crippen LogP contribution in [0.4, 0.5) is 16.2 Å². The fourth-order valence-electron chi connectivity index (χ4n) is 2.45. The summed E-state index contributed by atoms with van der Waals surface area (Å²) < 4.78 is 5.32. The summed E-state index contributed by atoms with van der Waals surface area (Å²) in [4.78, 5) is 25.6. The van der Waals surface area contributed by atoms with Gasteiger partial charge in [0, 0.05) is 25.2 Å². The molecule has 0 bridgehead atoms. The van der Waals surface area contributed by atoms with Crippen molar-refractivity contribution < 1.29 is 19.4 Å². The Kier molecular flexibility index (Phi) is 5.66. The Balaban J connectivity index is 2.08. The lowest BCUT2D eigenvalue weighted by molar-refractivity contribution is -0.117. The SMILES string of the molecule is CC[C@@](C)(O)CNC(=O)Nc1ccc(OC)c(N2CCCC2=O)c1. The van der Waals surface area contributed by atoms with Gasteiger partial charge in [0.05, 0.1) is 18.4 Å². The molecule has 1 aromatic rings. The number of hydrogen-bond donors (Lipinski definition) is 3. The van der Waals surface area contributed by atoms with E-state index in [-0.39, 0.29) is 12.5 Å². The van der Waals surface area contributed by atoms with Crippen molar-refractivity contribution in [2.45, 2.75) is 38.7 Å². The molecule has 24 heavy (non-hydrogen) atoms. The molecule has 0 aliphatic carbocycles. The van der Waals surface area contributed by atoms with Crippen molar-refractivity contribution in [2.75, 3.05) is 30.4 Å². The molecule has 1 fully saturated rings. The van der Waals surface area contributed by atoms with E-state index in [4.69, 9.17) is 4.74 Å². The number of nitrogens with one attached hydrogen (secondary N) is 2. The van der Waals surface area contributed by atoms with E-state index >= 15 is 0 Å². The number of amides is 3. The normalized spacial score (nSPS) is 16.7. The number of benzene rings is 1. The van der Waals surface area contributed by atoms with E-state index in [0.717, 1.165) is 6.42 Å². The minimum atomic E-state index is -0.940. The molecule has 0 saturated carbocycles. The molecule has 1 heterocycles. The van der Waals surface area contributed by atoms with Crippen molar-refractivity contribution in [3.8, 4) is 5.75 Å². The van der Waals surface area contributed by atoms with Crippen LogP contribution in [0.15, 0.2) is 18.2 Å². The van der Waals surface area contributed by atoms with Crippen molar-refractivity contribution in [1.29, 1.82) is 0 Å². The van der Waals surface area contributed by atoms with Crippen LogP contribution >= 0.6 is 0 Å². The van der Waals surface area contributed by atoms with Crippen LogP contribution < -0.4 is 20.3 Å². The lowest BCUT2D eigenvalue weighted by Crippen LogP contribution is -2.41. The first kappa shape index (κ1) is 18.1. The summed E-state index contributed by atoms with van der Waals surface area (Å²) in [6.07, 6.45) is 1.87. The molecular weight excluding hydrogens is 310 g/mol. The van der Waals surface area contributed by atoms with Gasteiger partial charge >= 0.3 is 6.03 Å². The van der Waals surface area contributed by atoms with Crippen molar-refractivity contribution in [3.05, 3.63) is 18.2 Å². The van der Waals surface area contributed by atoms with Gasteiger partial charge in [0.15, 0.2) is 0 Å². The van der Waals surface area contributed by atoms with Gasteiger partial charge in [-0.25, -0.2) is 4.79 Å². The minimum Gasteiger partial charge on any atom is -0.495 e. The monoisotopic (exact) mass is 335 g/mol. The molecule has 7 nitrogen and oxygen atoms in total. The van der Waals surface area contributed by atoms with Crippen molar-refractivity contribution in [3.63, 3.8) is 0 Å². The molecule has 1 aliphatic heterocycles. The molecule has 3 amide bonds. The van der Waals surface area contributed by atoms with Crippen LogP contribution in [0.2, 0.25) is 0 Å². The molecule has 0 spiro atoms. The Morgan fingerprint density at radius 3 is 2.79 bits per heavy atom. The first-order valence-electron chi connectivity index (χ1n) is 8.12. The van der Waals surface area contributed by atoms with E-state index in [1.807, 2.05) is 6.92 Å². The molecule has 0 aromatic heterocycles. The second-order valence-corrected chi connectivity index (χ2v) is 6.19. The third kappa shape index (κ3) is 4.38. The fraction of sp³-hybridized carbons (Fsp3) is 0.529. The zero-order valence-electron chi connectivity index (χ0n) is 14.4. The molecule has 132 valence electrons. The van der Waals surface area contributed by atoms with Crippen LogP contribution in [0, 0.1) is 0 Å². The summed E-state index contributed by atoms with van der Waals surface area (Å²) >= 11 is 0. The van der Waals surface area contributed by atoms with E-state index in [1.165, 1.54) is 0 Å². The van der Waals surface area contributed by atoms with E-state index in [2.05, 4.69) is 10.6 Å². The fourth-order valence-corrected chi connectivity index (χ4v) is 2.45. The maximum absolute atomic E-state index is 12.0. The van der Waals surface area contributed by atoms with Crippen LogP contribution in [-0.4, -0.2) is 42.8 Å². The third-order valence-corrected chi connectivity index (χ3v) is 4.19. The van der Waals surface area contributed by atoms with Gasteiger partial charge in [-0.05, 0) is 38.0 Å². The number of ether oxygens (including phenoxy) is 1. The van der Waals surface area contributed by atoms with Crippen molar-refractivity contribution >= 4 is 23.3 Å². The largest absolute Gasteiger partial charge is 0.495 e. The quantitative estimate of drug-likeness (QED) is 0.742. The number of urea groups is 1. The molecule has 1 aromatic carbocycles. The molecule has 2 rings (SSSR count). The maximum Gasteiger partial charge on any atom is 0.319 e. The Morgan fingerprint density at radius 2 is 2.21 bits per heavy atom. The Labute approximate surface area is 142 Å². The second-order valence-electron chi connectivity index (χ2n) is 6.19.